The molecule has 19 heavy (non-hydrogen) atoms. The van der Waals surface area contributed by atoms with Gasteiger partial charge in [0.2, 0.25) is 5.91 Å². The molecule has 2 rings (SSSR count). The number of anilines is 1. The van der Waals surface area contributed by atoms with Gasteiger partial charge in [0.25, 0.3) is 10.1 Å². The number of benzene rings is 1. The molecule has 1 heterocycles. The molecular formula is C11H14N2O5S. The highest BCUT2D eigenvalue weighted by Crippen LogP contribution is 2.33. The zero-order valence-electron chi connectivity index (χ0n) is 9.98. The SMILES string of the molecule is NCC1CC(=O)N(c2cc(S(=O)(=O)O)ccc2O)C1. The normalized spacial score (nSPS) is 20.0. The van der Waals surface area contributed by atoms with Crippen molar-refractivity contribution in [3.8, 4) is 5.75 Å². The summed E-state index contributed by atoms with van der Waals surface area (Å²) in [5, 5.41) is 9.74. The van der Waals surface area contributed by atoms with Crippen molar-refractivity contribution in [1.82, 2.24) is 0 Å². The van der Waals surface area contributed by atoms with Crippen LogP contribution in [0.25, 0.3) is 0 Å². The van der Waals surface area contributed by atoms with Crippen LogP contribution >= 0.6 is 0 Å². The Morgan fingerprint density at radius 3 is 2.63 bits per heavy atom. The van der Waals surface area contributed by atoms with Gasteiger partial charge >= 0.3 is 0 Å². The number of carbonyl (C=O) groups is 1. The third-order valence-corrected chi connectivity index (χ3v) is 3.92. The summed E-state index contributed by atoms with van der Waals surface area (Å²) in [7, 11) is -4.38. The summed E-state index contributed by atoms with van der Waals surface area (Å²) in [6, 6.07) is 3.26. The molecule has 1 amide bonds. The number of nitrogens with zero attached hydrogens (tertiary/aromatic N) is 1. The Balaban J connectivity index is 2.42. The van der Waals surface area contributed by atoms with Gasteiger partial charge in [0.05, 0.1) is 10.6 Å². The molecule has 1 aromatic carbocycles. The number of nitrogens with two attached hydrogens (primary N) is 1. The second-order valence-electron chi connectivity index (χ2n) is 4.44. The Kier molecular flexibility index (Phi) is 3.48. The van der Waals surface area contributed by atoms with Gasteiger partial charge in [0, 0.05) is 13.0 Å². The number of phenols is 1. The van der Waals surface area contributed by atoms with Crippen LogP contribution in [-0.2, 0) is 14.9 Å². The third-order valence-electron chi connectivity index (χ3n) is 3.07. The summed E-state index contributed by atoms with van der Waals surface area (Å²) in [6.45, 7) is 0.652. The number of hydrogen-bond donors (Lipinski definition) is 3. The zero-order chi connectivity index (χ0) is 14.2. The first-order chi connectivity index (χ1) is 8.82. The van der Waals surface area contributed by atoms with Gasteiger partial charge in [-0.3, -0.25) is 9.35 Å². The van der Waals surface area contributed by atoms with E-state index in [0.717, 1.165) is 18.2 Å². The lowest BCUT2D eigenvalue weighted by Crippen LogP contribution is -2.26. The van der Waals surface area contributed by atoms with Gasteiger partial charge in [-0.05, 0) is 30.7 Å². The Labute approximate surface area is 110 Å². The zero-order valence-corrected chi connectivity index (χ0v) is 10.8. The van der Waals surface area contributed by atoms with Crippen molar-refractivity contribution in [2.24, 2.45) is 11.7 Å². The maximum atomic E-state index is 11.8. The van der Waals surface area contributed by atoms with Crippen LogP contribution in [0.5, 0.6) is 5.75 Å². The van der Waals surface area contributed by atoms with Crippen LogP contribution in [0.15, 0.2) is 23.1 Å². The van der Waals surface area contributed by atoms with Crippen LogP contribution in [-0.4, -0.2) is 37.1 Å². The molecule has 0 aromatic heterocycles. The Morgan fingerprint density at radius 1 is 1.42 bits per heavy atom. The predicted octanol–water partition coefficient (Wildman–Crippen LogP) is -0.0495. The molecule has 0 radical (unpaired) electrons. The first kappa shape index (κ1) is 13.8. The first-order valence-electron chi connectivity index (χ1n) is 5.64. The molecule has 4 N–H and O–H groups in total. The summed E-state index contributed by atoms with van der Waals surface area (Å²) in [5.74, 6) is -0.488. The highest BCUT2D eigenvalue weighted by atomic mass is 32.2. The minimum Gasteiger partial charge on any atom is -0.506 e. The maximum Gasteiger partial charge on any atom is 0.294 e. The molecule has 1 saturated heterocycles. The van der Waals surface area contributed by atoms with E-state index in [0.29, 0.717) is 13.1 Å². The lowest BCUT2D eigenvalue weighted by molar-refractivity contribution is -0.117. The van der Waals surface area contributed by atoms with Gasteiger partial charge in [-0.25, -0.2) is 0 Å². The van der Waals surface area contributed by atoms with Crippen LogP contribution in [0, 0.1) is 5.92 Å². The molecule has 0 bridgehead atoms. The molecule has 0 spiro atoms. The number of aromatic hydroxyl groups is 1. The number of rotatable bonds is 3. The minimum atomic E-state index is -4.38. The average molecular weight is 286 g/mol. The third kappa shape index (κ3) is 2.70. The number of hydrogen-bond acceptors (Lipinski definition) is 5. The average Bonchev–Trinajstić information content (AvgIpc) is 2.69. The summed E-state index contributed by atoms with van der Waals surface area (Å²) >= 11 is 0. The molecule has 1 unspecified atom stereocenters. The van der Waals surface area contributed by atoms with Gasteiger partial charge in [-0.1, -0.05) is 0 Å². The highest BCUT2D eigenvalue weighted by Gasteiger charge is 2.31. The molecule has 1 aliphatic rings. The molecule has 1 atom stereocenters. The lowest BCUT2D eigenvalue weighted by Gasteiger charge is -2.18. The van der Waals surface area contributed by atoms with E-state index in [1.54, 1.807) is 0 Å². The molecule has 0 aliphatic carbocycles. The minimum absolute atomic E-state index is 0.0266. The molecular weight excluding hydrogens is 272 g/mol. The molecule has 1 fully saturated rings. The summed E-state index contributed by atoms with van der Waals surface area (Å²) < 4.78 is 31.1. The molecule has 8 heteroatoms. The summed E-state index contributed by atoms with van der Waals surface area (Å²) in [5.41, 5.74) is 5.56. The van der Waals surface area contributed by atoms with E-state index in [1.165, 1.54) is 4.90 Å². The van der Waals surface area contributed by atoms with Gasteiger partial charge in [0.15, 0.2) is 0 Å². The first-order valence-corrected chi connectivity index (χ1v) is 7.08. The molecule has 7 nitrogen and oxygen atoms in total. The van der Waals surface area contributed by atoms with E-state index in [1.807, 2.05) is 0 Å². The van der Waals surface area contributed by atoms with Crippen LogP contribution in [0.1, 0.15) is 6.42 Å². The smallest absolute Gasteiger partial charge is 0.294 e. The fraction of sp³-hybridized carbons (Fsp3) is 0.364. The van der Waals surface area contributed by atoms with Crippen molar-refractivity contribution in [1.29, 1.82) is 0 Å². The predicted molar refractivity (Wildman–Crippen MR) is 67.4 cm³/mol. The molecule has 1 aliphatic heterocycles. The quantitative estimate of drug-likeness (QED) is 0.670. The Morgan fingerprint density at radius 2 is 2.11 bits per heavy atom. The van der Waals surface area contributed by atoms with Crippen molar-refractivity contribution in [3.05, 3.63) is 18.2 Å². The number of phenolic OH excluding ortho intramolecular Hbond substituents is 1. The second kappa shape index (κ2) is 4.80. The van der Waals surface area contributed by atoms with Crippen molar-refractivity contribution >= 4 is 21.7 Å². The van der Waals surface area contributed by atoms with E-state index in [9.17, 15) is 18.3 Å². The van der Waals surface area contributed by atoms with Gasteiger partial charge in [0.1, 0.15) is 5.75 Å². The fourth-order valence-electron chi connectivity index (χ4n) is 2.05. The van der Waals surface area contributed by atoms with E-state index in [-0.39, 0.29) is 34.6 Å². The van der Waals surface area contributed by atoms with Crippen molar-refractivity contribution in [2.45, 2.75) is 11.3 Å². The standard InChI is InChI=1S/C11H14N2O5S/c12-5-7-3-11(15)13(6-7)9-4-8(19(16,17)18)1-2-10(9)14/h1-2,4,7,14H,3,5-6,12H2,(H,16,17,18). The summed E-state index contributed by atoms with van der Waals surface area (Å²) in [4.78, 5) is 12.7. The lowest BCUT2D eigenvalue weighted by atomic mass is 10.1. The Hall–Kier alpha value is -1.64. The largest absolute Gasteiger partial charge is 0.506 e. The summed E-state index contributed by atoms with van der Waals surface area (Å²) in [6.07, 6.45) is 0.256. The van der Waals surface area contributed by atoms with E-state index < -0.39 is 10.1 Å². The topological polar surface area (TPSA) is 121 Å². The highest BCUT2D eigenvalue weighted by molar-refractivity contribution is 7.85. The van der Waals surface area contributed by atoms with Crippen LogP contribution < -0.4 is 10.6 Å². The van der Waals surface area contributed by atoms with Crippen LogP contribution in [0.3, 0.4) is 0 Å². The number of carbonyl (C=O) groups excluding carboxylic acids is 1. The molecule has 104 valence electrons. The second-order valence-corrected chi connectivity index (χ2v) is 5.86. The van der Waals surface area contributed by atoms with Crippen LogP contribution in [0.2, 0.25) is 0 Å². The van der Waals surface area contributed by atoms with Crippen LogP contribution in [0.4, 0.5) is 5.69 Å². The van der Waals surface area contributed by atoms with Gasteiger partial charge in [-0.2, -0.15) is 8.42 Å². The monoisotopic (exact) mass is 286 g/mol. The van der Waals surface area contributed by atoms with Gasteiger partial charge < -0.3 is 15.7 Å². The molecule has 1 aromatic rings. The Bertz CT molecular complexity index is 614. The van der Waals surface area contributed by atoms with E-state index in [2.05, 4.69) is 0 Å². The molecule has 0 saturated carbocycles. The van der Waals surface area contributed by atoms with Crippen molar-refractivity contribution in [3.63, 3.8) is 0 Å². The maximum absolute atomic E-state index is 11.8. The number of amides is 1. The van der Waals surface area contributed by atoms with Crippen molar-refractivity contribution in [2.75, 3.05) is 18.0 Å². The van der Waals surface area contributed by atoms with Crippen molar-refractivity contribution < 1.29 is 22.9 Å². The fourth-order valence-corrected chi connectivity index (χ4v) is 2.55. The van der Waals surface area contributed by atoms with Gasteiger partial charge in [-0.15, -0.1) is 0 Å². The van der Waals surface area contributed by atoms with E-state index >= 15 is 0 Å². The van der Waals surface area contributed by atoms with E-state index in [4.69, 9.17) is 10.3 Å².